The Balaban J connectivity index is 2.12. The van der Waals surface area contributed by atoms with Gasteiger partial charge < -0.3 is 10.2 Å². The summed E-state index contributed by atoms with van der Waals surface area (Å²) in [5.41, 5.74) is 0.924. The second kappa shape index (κ2) is 7.26. The second-order valence-electron chi connectivity index (χ2n) is 6.14. The zero-order valence-electron chi connectivity index (χ0n) is 14.6. The number of likely N-dealkylation sites (N-methyl/N-ethyl adjacent to an activating group) is 1. The van der Waals surface area contributed by atoms with Crippen molar-refractivity contribution in [1.82, 2.24) is 20.0 Å². The first-order valence-electron chi connectivity index (χ1n) is 7.72. The molecule has 0 saturated heterocycles. The molecule has 1 heterocycles. The van der Waals surface area contributed by atoms with Gasteiger partial charge in [0, 0.05) is 19.7 Å². The van der Waals surface area contributed by atoms with Crippen LogP contribution in [0.2, 0.25) is 0 Å². The Morgan fingerprint density at radius 3 is 2.36 bits per heavy atom. The van der Waals surface area contributed by atoms with Gasteiger partial charge in [0.15, 0.2) is 5.69 Å². The minimum atomic E-state index is -4.58. The molecule has 2 rings (SSSR count). The molecule has 0 aliphatic rings. The highest BCUT2D eigenvalue weighted by Crippen LogP contribution is 2.28. The molecular weight excluding hydrogens is 333 g/mol. The van der Waals surface area contributed by atoms with Crippen molar-refractivity contribution in [2.75, 3.05) is 20.6 Å². The number of nitrogens with one attached hydrogen (secondary N) is 1. The van der Waals surface area contributed by atoms with Gasteiger partial charge in [-0.25, -0.2) is 0 Å². The molecule has 0 bridgehead atoms. The molecule has 0 aliphatic heterocycles. The van der Waals surface area contributed by atoms with Gasteiger partial charge in [0.2, 0.25) is 0 Å². The van der Waals surface area contributed by atoms with Crippen LogP contribution in [0.25, 0.3) is 0 Å². The van der Waals surface area contributed by atoms with Gasteiger partial charge in [-0.3, -0.25) is 9.48 Å². The summed E-state index contributed by atoms with van der Waals surface area (Å²) < 4.78 is 39.1. The van der Waals surface area contributed by atoms with Gasteiger partial charge in [0.1, 0.15) is 5.69 Å². The molecule has 0 saturated carbocycles. The van der Waals surface area contributed by atoms with Gasteiger partial charge in [0.25, 0.3) is 5.91 Å². The zero-order chi connectivity index (χ0) is 18.8. The highest BCUT2D eigenvalue weighted by atomic mass is 19.4. The van der Waals surface area contributed by atoms with Crippen molar-refractivity contribution < 1.29 is 18.0 Å². The molecule has 0 fully saturated rings. The maximum Gasteiger partial charge on any atom is 0.435 e. The summed E-state index contributed by atoms with van der Waals surface area (Å²) in [6, 6.07) is 8.55. The molecule has 136 valence electrons. The summed E-state index contributed by atoms with van der Waals surface area (Å²) >= 11 is 0. The van der Waals surface area contributed by atoms with Crippen molar-refractivity contribution in [1.29, 1.82) is 0 Å². The summed E-state index contributed by atoms with van der Waals surface area (Å²) in [5, 5.41) is 6.04. The van der Waals surface area contributed by atoms with E-state index in [-0.39, 0.29) is 18.3 Å². The number of aromatic nitrogens is 2. The van der Waals surface area contributed by atoms with Crippen LogP contribution in [0.5, 0.6) is 0 Å². The van der Waals surface area contributed by atoms with Crippen LogP contribution in [0.1, 0.15) is 33.4 Å². The molecule has 0 radical (unpaired) electrons. The summed E-state index contributed by atoms with van der Waals surface area (Å²) in [6.45, 7) is 2.25. The van der Waals surface area contributed by atoms with E-state index >= 15 is 0 Å². The number of nitrogens with zero attached hydrogens (tertiary/aromatic N) is 3. The molecule has 5 nitrogen and oxygen atoms in total. The van der Waals surface area contributed by atoms with E-state index < -0.39 is 17.8 Å². The Morgan fingerprint density at radius 1 is 1.28 bits per heavy atom. The maximum atomic E-state index is 12.7. The number of hydrogen-bond acceptors (Lipinski definition) is 3. The Bertz CT molecular complexity index is 735. The van der Waals surface area contributed by atoms with Gasteiger partial charge in [-0.2, -0.15) is 18.3 Å². The molecular formula is C17H21F3N4O. The van der Waals surface area contributed by atoms with Crippen LogP contribution < -0.4 is 5.32 Å². The fourth-order valence-electron chi connectivity index (χ4n) is 2.49. The lowest BCUT2D eigenvalue weighted by Gasteiger charge is -2.25. The Hall–Kier alpha value is -2.35. The van der Waals surface area contributed by atoms with Crippen LogP contribution in [0.4, 0.5) is 13.2 Å². The third kappa shape index (κ3) is 4.60. The molecule has 0 spiro atoms. The molecule has 8 heteroatoms. The molecule has 1 aromatic heterocycles. The molecule has 1 N–H and O–H groups in total. The van der Waals surface area contributed by atoms with E-state index in [0.717, 1.165) is 21.9 Å². The van der Waals surface area contributed by atoms with E-state index in [1.165, 1.54) is 7.05 Å². The van der Waals surface area contributed by atoms with E-state index in [1.54, 1.807) is 0 Å². The number of benzene rings is 1. The van der Waals surface area contributed by atoms with Crippen LogP contribution >= 0.6 is 0 Å². The third-order valence-corrected chi connectivity index (χ3v) is 3.94. The lowest BCUT2D eigenvalue weighted by molar-refractivity contribution is -0.141. The van der Waals surface area contributed by atoms with Gasteiger partial charge in [-0.15, -0.1) is 0 Å². The van der Waals surface area contributed by atoms with Gasteiger partial charge in [-0.1, -0.05) is 29.8 Å². The second-order valence-corrected chi connectivity index (χ2v) is 6.14. The number of rotatable bonds is 5. The Morgan fingerprint density at radius 2 is 1.88 bits per heavy atom. The number of halogens is 3. The van der Waals surface area contributed by atoms with Crippen molar-refractivity contribution in [3.8, 4) is 0 Å². The van der Waals surface area contributed by atoms with Crippen molar-refractivity contribution in [2.45, 2.75) is 19.1 Å². The van der Waals surface area contributed by atoms with Crippen molar-refractivity contribution in [2.24, 2.45) is 7.05 Å². The minimum Gasteiger partial charge on any atom is -0.349 e. The first-order valence-corrected chi connectivity index (χ1v) is 7.72. The minimum absolute atomic E-state index is 0.0973. The molecule has 0 aliphatic carbocycles. The average molecular weight is 354 g/mol. The van der Waals surface area contributed by atoms with E-state index in [0.29, 0.717) is 0 Å². The average Bonchev–Trinajstić information content (AvgIpc) is 2.91. The van der Waals surface area contributed by atoms with E-state index in [2.05, 4.69) is 10.4 Å². The van der Waals surface area contributed by atoms with Gasteiger partial charge in [-0.05, 0) is 26.6 Å². The highest BCUT2D eigenvalue weighted by Gasteiger charge is 2.35. The standard InChI is InChI=1S/C17H21F3N4O/c1-11-5-7-12(8-6-11)14(23(2)3)10-21-16(25)13-9-15(17(18,19)20)22-24(13)4/h5-9,14H,10H2,1-4H3,(H,21,25)/t14-/m0/s1. The van der Waals surface area contributed by atoms with Crippen LogP contribution in [-0.4, -0.2) is 41.2 Å². The number of hydrogen-bond donors (Lipinski definition) is 1. The Kier molecular flexibility index (Phi) is 5.52. The van der Waals surface area contributed by atoms with Crippen molar-refractivity contribution in [3.05, 3.63) is 52.8 Å². The normalized spacial score (nSPS) is 13.1. The predicted molar refractivity (Wildman–Crippen MR) is 88.2 cm³/mol. The van der Waals surface area contributed by atoms with E-state index in [4.69, 9.17) is 0 Å². The Labute approximate surface area is 144 Å². The monoisotopic (exact) mass is 354 g/mol. The topological polar surface area (TPSA) is 50.2 Å². The SMILES string of the molecule is Cc1ccc([C@H](CNC(=O)c2cc(C(F)(F)F)nn2C)N(C)C)cc1. The van der Waals surface area contributed by atoms with Crippen molar-refractivity contribution in [3.63, 3.8) is 0 Å². The first kappa shape index (κ1) is 19.0. The third-order valence-electron chi connectivity index (χ3n) is 3.94. The number of carbonyl (C=O) groups is 1. The number of carbonyl (C=O) groups excluding carboxylic acids is 1. The van der Waals surface area contributed by atoms with Crippen LogP contribution in [-0.2, 0) is 13.2 Å². The fraction of sp³-hybridized carbons (Fsp3) is 0.412. The van der Waals surface area contributed by atoms with Crippen molar-refractivity contribution >= 4 is 5.91 Å². The molecule has 2 aromatic rings. The summed E-state index contributed by atoms with van der Waals surface area (Å²) in [6.07, 6.45) is -4.58. The van der Waals surface area contributed by atoms with E-state index in [9.17, 15) is 18.0 Å². The summed E-state index contributed by atoms with van der Waals surface area (Å²) in [4.78, 5) is 14.2. The van der Waals surface area contributed by atoms with Crippen LogP contribution in [0.15, 0.2) is 30.3 Å². The fourth-order valence-corrected chi connectivity index (χ4v) is 2.49. The van der Waals surface area contributed by atoms with Crippen LogP contribution in [0.3, 0.4) is 0 Å². The number of alkyl halides is 3. The maximum absolute atomic E-state index is 12.7. The quantitative estimate of drug-likeness (QED) is 0.898. The molecule has 1 aromatic carbocycles. The molecule has 1 amide bonds. The van der Waals surface area contributed by atoms with E-state index in [1.807, 2.05) is 50.2 Å². The largest absolute Gasteiger partial charge is 0.435 e. The lowest BCUT2D eigenvalue weighted by Crippen LogP contribution is -2.35. The molecule has 0 unspecified atom stereocenters. The van der Waals surface area contributed by atoms with Gasteiger partial charge in [0.05, 0.1) is 6.04 Å². The predicted octanol–water partition coefficient (Wildman–Crippen LogP) is 2.78. The highest BCUT2D eigenvalue weighted by molar-refractivity contribution is 5.92. The summed E-state index contributed by atoms with van der Waals surface area (Å²) in [5.74, 6) is -0.593. The zero-order valence-corrected chi connectivity index (χ0v) is 14.6. The van der Waals surface area contributed by atoms with Crippen LogP contribution in [0, 0.1) is 6.92 Å². The van der Waals surface area contributed by atoms with Gasteiger partial charge >= 0.3 is 6.18 Å². The number of aryl methyl sites for hydroxylation is 2. The first-order chi connectivity index (χ1) is 11.6. The summed E-state index contributed by atoms with van der Waals surface area (Å²) in [7, 11) is 5.07. The number of amides is 1. The smallest absolute Gasteiger partial charge is 0.349 e. The molecule has 25 heavy (non-hydrogen) atoms. The lowest BCUT2D eigenvalue weighted by atomic mass is 10.0. The molecule has 1 atom stereocenters.